The monoisotopic (exact) mass is 194 g/mol. The summed E-state index contributed by atoms with van der Waals surface area (Å²) in [5, 5.41) is 24.2. The average Bonchev–Trinajstić information content (AvgIpc) is 1.99. The Labute approximate surface area is 75.8 Å². The molecule has 0 aromatic rings. The Morgan fingerprint density at radius 1 is 1.38 bits per heavy atom. The van der Waals surface area contributed by atoms with Gasteiger partial charge in [-0.3, -0.25) is 9.59 Å². The van der Waals surface area contributed by atoms with Crippen LogP contribution >= 0.6 is 0 Å². The molecule has 6 nitrogen and oxygen atoms in total. The van der Waals surface area contributed by atoms with Crippen LogP contribution < -0.4 is 0 Å². The standard InChI is InChI=1S/C5H10O4.C2H4O2/c1-4(7)9-3-5(8)2-6;1-2(3)4/h5-6,8H,2-3H2,1H3;1H3,(H,3,4). The fourth-order valence-corrected chi connectivity index (χ4v) is 0.266. The molecule has 0 aliphatic carbocycles. The van der Waals surface area contributed by atoms with E-state index in [1.54, 1.807) is 0 Å². The van der Waals surface area contributed by atoms with Crippen LogP contribution in [-0.4, -0.2) is 46.6 Å². The van der Waals surface area contributed by atoms with Gasteiger partial charge in [-0.2, -0.15) is 0 Å². The van der Waals surface area contributed by atoms with E-state index in [0.29, 0.717) is 0 Å². The highest BCUT2D eigenvalue weighted by Gasteiger charge is 2.02. The van der Waals surface area contributed by atoms with Gasteiger partial charge in [-0.05, 0) is 0 Å². The van der Waals surface area contributed by atoms with Crippen molar-refractivity contribution in [3.8, 4) is 0 Å². The van der Waals surface area contributed by atoms with Gasteiger partial charge in [0.05, 0.1) is 6.61 Å². The fraction of sp³-hybridized carbons (Fsp3) is 0.714. The van der Waals surface area contributed by atoms with Gasteiger partial charge < -0.3 is 20.1 Å². The molecule has 13 heavy (non-hydrogen) atoms. The van der Waals surface area contributed by atoms with Crippen molar-refractivity contribution in [1.82, 2.24) is 0 Å². The summed E-state index contributed by atoms with van der Waals surface area (Å²) < 4.78 is 4.35. The van der Waals surface area contributed by atoms with E-state index in [4.69, 9.17) is 20.1 Å². The maximum Gasteiger partial charge on any atom is 0.302 e. The predicted octanol–water partition coefficient (Wildman–Crippen LogP) is -1.01. The van der Waals surface area contributed by atoms with Crippen LogP contribution in [0.5, 0.6) is 0 Å². The average molecular weight is 194 g/mol. The van der Waals surface area contributed by atoms with Gasteiger partial charge in [-0.15, -0.1) is 0 Å². The molecule has 0 saturated heterocycles. The number of hydrogen-bond acceptors (Lipinski definition) is 5. The first-order valence-electron chi connectivity index (χ1n) is 3.52. The molecule has 0 fully saturated rings. The topological polar surface area (TPSA) is 104 Å². The second kappa shape index (κ2) is 8.95. The number of carbonyl (C=O) groups excluding carboxylic acids is 1. The van der Waals surface area contributed by atoms with E-state index in [1.165, 1.54) is 6.92 Å². The molecule has 0 aromatic heterocycles. The first-order chi connectivity index (χ1) is 5.90. The smallest absolute Gasteiger partial charge is 0.302 e. The lowest BCUT2D eigenvalue weighted by molar-refractivity contribution is -0.144. The molecule has 0 radical (unpaired) electrons. The number of ether oxygens (including phenoxy) is 1. The van der Waals surface area contributed by atoms with Gasteiger partial charge in [-0.1, -0.05) is 0 Å². The molecule has 0 spiro atoms. The SMILES string of the molecule is CC(=O)O.CC(=O)OCC(O)CO. The van der Waals surface area contributed by atoms with Crippen molar-refractivity contribution in [2.24, 2.45) is 0 Å². The number of aliphatic carboxylic acids is 1. The number of carboxylic acids is 1. The van der Waals surface area contributed by atoms with E-state index in [-0.39, 0.29) is 13.2 Å². The Morgan fingerprint density at radius 2 is 1.77 bits per heavy atom. The third-order valence-corrected chi connectivity index (χ3v) is 0.690. The molecule has 0 bridgehead atoms. The number of esters is 1. The van der Waals surface area contributed by atoms with E-state index in [1.807, 2.05) is 0 Å². The van der Waals surface area contributed by atoms with E-state index in [0.717, 1.165) is 6.92 Å². The highest BCUT2D eigenvalue weighted by atomic mass is 16.5. The van der Waals surface area contributed by atoms with Crippen molar-refractivity contribution >= 4 is 11.9 Å². The second-order valence-electron chi connectivity index (χ2n) is 2.16. The molecule has 78 valence electrons. The number of carboxylic acid groups (broad SMARTS) is 1. The third kappa shape index (κ3) is 24.8. The van der Waals surface area contributed by atoms with Crippen LogP contribution in [0.15, 0.2) is 0 Å². The first-order valence-corrected chi connectivity index (χ1v) is 3.52. The minimum Gasteiger partial charge on any atom is -0.481 e. The van der Waals surface area contributed by atoms with Gasteiger partial charge in [-0.25, -0.2) is 0 Å². The van der Waals surface area contributed by atoms with Crippen molar-refractivity contribution in [3.63, 3.8) is 0 Å². The zero-order valence-electron chi connectivity index (χ0n) is 7.56. The molecule has 1 atom stereocenters. The zero-order chi connectivity index (χ0) is 10.9. The third-order valence-electron chi connectivity index (χ3n) is 0.690. The molecule has 0 heterocycles. The maximum absolute atomic E-state index is 10.0. The van der Waals surface area contributed by atoms with Gasteiger partial charge in [0.2, 0.25) is 0 Å². The molecule has 0 amide bonds. The fourth-order valence-electron chi connectivity index (χ4n) is 0.266. The predicted molar refractivity (Wildman–Crippen MR) is 43.0 cm³/mol. The van der Waals surface area contributed by atoms with Crippen LogP contribution in [-0.2, 0) is 14.3 Å². The Balaban J connectivity index is 0. The summed E-state index contributed by atoms with van der Waals surface area (Å²) in [6, 6.07) is 0. The van der Waals surface area contributed by atoms with Crippen molar-refractivity contribution in [2.45, 2.75) is 20.0 Å². The van der Waals surface area contributed by atoms with Crippen LogP contribution in [0.4, 0.5) is 0 Å². The number of hydrogen-bond donors (Lipinski definition) is 3. The van der Waals surface area contributed by atoms with Gasteiger partial charge >= 0.3 is 5.97 Å². The summed E-state index contributed by atoms with van der Waals surface area (Å²) in [6.45, 7) is 1.81. The highest BCUT2D eigenvalue weighted by Crippen LogP contribution is 1.82. The normalized spacial score (nSPS) is 10.8. The van der Waals surface area contributed by atoms with Gasteiger partial charge in [0.15, 0.2) is 0 Å². The van der Waals surface area contributed by atoms with Crippen molar-refractivity contribution in [2.75, 3.05) is 13.2 Å². The highest BCUT2D eigenvalue weighted by molar-refractivity contribution is 5.65. The molecule has 0 saturated carbocycles. The van der Waals surface area contributed by atoms with Crippen LogP contribution in [0.25, 0.3) is 0 Å². The molecule has 3 N–H and O–H groups in total. The summed E-state index contributed by atoms with van der Waals surface area (Å²) in [5.41, 5.74) is 0. The number of aliphatic hydroxyl groups is 2. The minimum atomic E-state index is -0.950. The maximum atomic E-state index is 10.0. The van der Waals surface area contributed by atoms with E-state index >= 15 is 0 Å². The summed E-state index contributed by atoms with van der Waals surface area (Å²) in [6.07, 6.45) is -0.950. The van der Waals surface area contributed by atoms with Gasteiger partial charge in [0.1, 0.15) is 12.7 Å². The van der Waals surface area contributed by atoms with Crippen molar-refractivity contribution in [3.05, 3.63) is 0 Å². The summed E-state index contributed by atoms with van der Waals surface area (Å²) >= 11 is 0. The zero-order valence-corrected chi connectivity index (χ0v) is 7.56. The minimum absolute atomic E-state index is 0.133. The molecule has 0 aromatic carbocycles. The second-order valence-corrected chi connectivity index (χ2v) is 2.16. The van der Waals surface area contributed by atoms with Crippen molar-refractivity contribution < 1.29 is 29.6 Å². The number of aliphatic hydroxyl groups excluding tert-OH is 2. The molecule has 6 heteroatoms. The molecule has 1 unspecified atom stereocenters. The van der Waals surface area contributed by atoms with E-state index in [2.05, 4.69) is 4.74 Å². The van der Waals surface area contributed by atoms with Gasteiger partial charge in [0.25, 0.3) is 5.97 Å². The lowest BCUT2D eigenvalue weighted by Gasteiger charge is -2.05. The van der Waals surface area contributed by atoms with Crippen LogP contribution in [0, 0.1) is 0 Å². The lowest BCUT2D eigenvalue weighted by atomic mass is 10.4. The Kier molecular flexibility index (Phi) is 9.91. The summed E-state index contributed by atoms with van der Waals surface area (Å²) in [5.74, 6) is -1.29. The number of carbonyl (C=O) groups is 2. The summed E-state index contributed by atoms with van der Waals surface area (Å²) in [7, 11) is 0. The molecule has 0 aliphatic heterocycles. The van der Waals surface area contributed by atoms with Crippen LogP contribution in [0.3, 0.4) is 0 Å². The lowest BCUT2D eigenvalue weighted by Crippen LogP contribution is -2.20. The Bertz CT molecular complexity index is 151. The summed E-state index contributed by atoms with van der Waals surface area (Å²) in [4.78, 5) is 19.0. The van der Waals surface area contributed by atoms with E-state index < -0.39 is 18.0 Å². The largest absolute Gasteiger partial charge is 0.481 e. The first kappa shape index (κ1) is 14.4. The number of rotatable bonds is 3. The molecular formula is C7H14O6. The van der Waals surface area contributed by atoms with Gasteiger partial charge in [0, 0.05) is 13.8 Å². The van der Waals surface area contributed by atoms with Crippen molar-refractivity contribution in [1.29, 1.82) is 0 Å². The van der Waals surface area contributed by atoms with E-state index in [9.17, 15) is 4.79 Å². The Morgan fingerprint density at radius 3 is 2.00 bits per heavy atom. The molecular weight excluding hydrogens is 180 g/mol. The Hall–Kier alpha value is -1.14. The quantitative estimate of drug-likeness (QED) is 0.497. The van der Waals surface area contributed by atoms with Crippen LogP contribution in [0.1, 0.15) is 13.8 Å². The molecule has 0 aliphatic rings. The van der Waals surface area contributed by atoms with Crippen LogP contribution in [0.2, 0.25) is 0 Å². The molecule has 0 rings (SSSR count).